The van der Waals surface area contributed by atoms with E-state index in [-0.39, 0.29) is 23.1 Å². The summed E-state index contributed by atoms with van der Waals surface area (Å²) >= 11 is 1.43. The summed E-state index contributed by atoms with van der Waals surface area (Å²) in [4.78, 5) is 31.3. The van der Waals surface area contributed by atoms with Crippen LogP contribution in [0.25, 0.3) is 0 Å². The van der Waals surface area contributed by atoms with Crippen LogP contribution in [-0.4, -0.2) is 40.9 Å². The molecule has 1 atom stereocenters. The number of nitrogens with one attached hydrogen (secondary N) is 1. The number of hydrogen-bond acceptors (Lipinski definition) is 5. The zero-order valence-corrected chi connectivity index (χ0v) is 19.2. The SMILES string of the molecule is Cc1csc(NC(=O)C2CCN(C(=O)C(C)Oc3ccc(C(C)(C)C)cc3)CC2)n1. The quantitative estimate of drug-likeness (QED) is 0.765. The normalized spacial score (nSPS) is 16.2. The van der Waals surface area contributed by atoms with Crippen LogP contribution in [0.5, 0.6) is 5.75 Å². The Labute approximate surface area is 182 Å². The third-order valence-electron chi connectivity index (χ3n) is 5.41. The van der Waals surface area contributed by atoms with Crippen molar-refractivity contribution in [3.8, 4) is 5.75 Å². The molecular formula is C23H31N3O3S. The second-order valence-corrected chi connectivity index (χ2v) is 9.78. The summed E-state index contributed by atoms with van der Waals surface area (Å²) in [6.45, 7) is 11.3. The number of nitrogens with zero attached hydrogens (tertiary/aromatic N) is 2. The zero-order chi connectivity index (χ0) is 21.9. The standard InChI is InChI=1S/C23H31N3O3S/c1-15-14-30-22(24-15)25-20(27)17-10-12-26(13-11-17)21(28)16(2)29-19-8-6-18(7-9-19)23(3,4)5/h6-9,14,16-17H,10-13H2,1-5H3,(H,24,25,27). The summed E-state index contributed by atoms with van der Waals surface area (Å²) < 4.78 is 5.88. The molecule has 1 aliphatic rings. The number of amides is 2. The third-order valence-corrected chi connectivity index (χ3v) is 6.28. The Morgan fingerprint density at radius 1 is 1.20 bits per heavy atom. The van der Waals surface area contributed by atoms with E-state index in [2.05, 4.69) is 31.1 Å². The van der Waals surface area contributed by atoms with E-state index in [9.17, 15) is 9.59 Å². The van der Waals surface area contributed by atoms with E-state index in [1.165, 1.54) is 16.9 Å². The Morgan fingerprint density at radius 3 is 2.37 bits per heavy atom. The highest BCUT2D eigenvalue weighted by molar-refractivity contribution is 7.13. The second-order valence-electron chi connectivity index (χ2n) is 8.92. The Bertz CT molecular complexity index is 878. The Kier molecular flexibility index (Phi) is 6.81. The predicted molar refractivity (Wildman–Crippen MR) is 120 cm³/mol. The van der Waals surface area contributed by atoms with Crippen molar-refractivity contribution in [2.45, 2.75) is 59.0 Å². The molecule has 1 aromatic heterocycles. The van der Waals surface area contributed by atoms with Crippen LogP contribution < -0.4 is 10.1 Å². The first-order chi connectivity index (χ1) is 14.1. The fraction of sp³-hybridized carbons (Fsp3) is 0.522. The number of aromatic nitrogens is 1. The van der Waals surface area contributed by atoms with Gasteiger partial charge in [0.2, 0.25) is 5.91 Å². The van der Waals surface area contributed by atoms with Crippen LogP contribution in [-0.2, 0) is 15.0 Å². The van der Waals surface area contributed by atoms with Gasteiger partial charge in [-0.2, -0.15) is 0 Å². The van der Waals surface area contributed by atoms with Crippen molar-refractivity contribution in [1.82, 2.24) is 9.88 Å². The third kappa shape index (κ3) is 5.59. The van der Waals surface area contributed by atoms with Gasteiger partial charge in [0.1, 0.15) is 5.75 Å². The van der Waals surface area contributed by atoms with E-state index in [4.69, 9.17) is 4.74 Å². The Hall–Kier alpha value is -2.41. The molecule has 0 bridgehead atoms. The Morgan fingerprint density at radius 2 is 1.83 bits per heavy atom. The molecule has 1 saturated heterocycles. The molecule has 162 valence electrons. The lowest BCUT2D eigenvalue weighted by Crippen LogP contribution is -2.46. The second kappa shape index (κ2) is 9.16. The molecule has 0 spiro atoms. The fourth-order valence-electron chi connectivity index (χ4n) is 3.53. The highest BCUT2D eigenvalue weighted by Gasteiger charge is 2.30. The van der Waals surface area contributed by atoms with Crippen LogP contribution in [0, 0.1) is 12.8 Å². The average Bonchev–Trinajstić information content (AvgIpc) is 3.11. The molecule has 1 N–H and O–H groups in total. The van der Waals surface area contributed by atoms with Gasteiger partial charge in [-0.3, -0.25) is 9.59 Å². The van der Waals surface area contributed by atoms with Gasteiger partial charge >= 0.3 is 0 Å². The summed E-state index contributed by atoms with van der Waals surface area (Å²) in [5, 5.41) is 5.43. The van der Waals surface area contributed by atoms with Crippen LogP contribution in [0.3, 0.4) is 0 Å². The van der Waals surface area contributed by atoms with Crippen molar-refractivity contribution >= 4 is 28.3 Å². The number of carbonyl (C=O) groups is 2. The molecule has 1 fully saturated rings. The molecule has 1 unspecified atom stereocenters. The maximum atomic E-state index is 12.8. The number of benzene rings is 1. The number of hydrogen-bond donors (Lipinski definition) is 1. The first kappa shape index (κ1) is 22.3. The smallest absolute Gasteiger partial charge is 0.263 e. The Balaban J connectivity index is 1.48. The lowest BCUT2D eigenvalue weighted by atomic mass is 9.87. The number of carbonyl (C=O) groups excluding carboxylic acids is 2. The number of likely N-dealkylation sites (tertiary alicyclic amines) is 1. The van der Waals surface area contributed by atoms with Crippen molar-refractivity contribution in [3.63, 3.8) is 0 Å². The van der Waals surface area contributed by atoms with Gasteiger partial charge in [-0.05, 0) is 49.8 Å². The molecule has 1 aliphatic heterocycles. The topological polar surface area (TPSA) is 71.5 Å². The average molecular weight is 430 g/mol. The van der Waals surface area contributed by atoms with E-state index < -0.39 is 6.10 Å². The first-order valence-corrected chi connectivity index (χ1v) is 11.3. The van der Waals surface area contributed by atoms with Gasteiger partial charge in [0.25, 0.3) is 5.91 Å². The monoisotopic (exact) mass is 429 g/mol. The van der Waals surface area contributed by atoms with Gasteiger partial charge in [-0.15, -0.1) is 11.3 Å². The van der Waals surface area contributed by atoms with Crippen molar-refractivity contribution in [1.29, 1.82) is 0 Å². The number of aryl methyl sites for hydroxylation is 1. The van der Waals surface area contributed by atoms with Crippen molar-refractivity contribution in [2.24, 2.45) is 5.92 Å². The van der Waals surface area contributed by atoms with Gasteiger partial charge in [0.05, 0.1) is 5.69 Å². The molecule has 2 amide bonds. The van der Waals surface area contributed by atoms with Gasteiger partial charge < -0.3 is 15.0 Å². The summed E-state index contributed by atoms with van der Waals surface area (Å²) in [6, 6.07) is 7.92. The number of piperidine rings is 1. The molecule has 0 radical (unpaired) electrons. The van der Waals surface area contributed by atoms with Crippen molar-refractivity contribution < 1.29 is 14.3 Å². The highest BCUT2D eigenvalue weighted by atomic mass is 32.1. The number of thiazole rings is 1. The van der Waals surface area contributed by atoms with Crippen LogP contribution in [0.1, 0.15) is 51.8 Å². The van der Waals surface area contributed by atoms with E-state index in [0.29, 0.717) is 36.8 Å². The van der Waals surface area contributed by atoms with Gasteiger partial charge in [-0.25, -0.2) is 4.98 Å². The predicted octanol–water partition coefficient (Wildman–Crippen LogP) is 4.39. The molecular weight excluding hydrogens is 398 g/mol. The maximum absolute atomic E-state index is 12.8. The lowest BCUT2D eigenvalue weighted by Gasteiger charge is -2.32. The summed E-state index contributed by atoms with van der Waals surface area (Å²) in [6.07, 6.45) is 0.735. The van der Waals surface area contributed by atoms with Crippen molar-refractivity contribution in [2.75, 3.05) is 18.4 Å². The molecule has 3 rings (SSSR count). The molecule has 2 aromatic rings. The van der Waals surface area contributed by atoms with Gasteiger partial charge in [0, 0.05) is 24.4 Å². The van der Waals surface area contributed by atoms with Crippen LogP contribution in [0.2, 0.25) is 0 Å². The minimum Gasteiger partial charge on any atom is -0.481 e. The maximum Gasteiger partial charge on any atom is 0.263 e. The lowest BCUT2D eigenvalue weighted by molar-refractivity contribution is -0.140. The summed E-state index contributed by atoms with van der Waals surface area (Å²) in [5.41, 5.74) is 2.20. The summed E-state index contributed by atoms with van der Waals surface area (Å²) in [7, 11) is 0. The van der Waals surface area contributed by atoms with Crippen LogP contribution in [0.15, 0.2) is 29.6 Å². The molecule has 0 saturated carbocycles. The number of rotatable bonds is 5. The van der Waals surface area contributed by atoms with E-state index in [0.717, 1.165) is 5.69 Å². The van der Waals surface area contributed by atoms with Crippen molar-refractivity contribution in [3.05, 3.63) is 40.9 Å². The number of anilines is 1. The molecule has 6 nitrogen and oxygen atoms in total. The van der Waals surface area contributed by atoms with E-state index in [1.807, 2.05) is 36.6 Å². The van der Waals surface area contributed by atoms with E-state index in [1.54, 1.807) is 11.8 Å². The molecule has 1 aromatic carbocycles. The van der Waals surface area contributed by atoms with Gasteiger partial charge in [0.15, 0.2) is 11.2 Å². The fourth-order valence-corrected chi connectivity index (χ4v) is 4.22. The highest BCUT2D eigenvalue weighted by Crippen LogP contribution is 2.25. The van der Waals surface area contributed by atoms with Crippen LogP contribution in [0.4, 0.5) is 5.13 Å². The summed E-state index contributed by atoms with van der Waals surface area (Å²) in [5.74, 6) is 0.542. The first-order valence-electron chi connectivity index (χ1n) is 10.4. The molecule has 7 heteroatoms. The van der Waals surface area contributed by atoms with Crippen LogP contribution >= 0.6 is 11.3 Å². The largest absolute Gasteiger partial charge is 0.481 e. The molecule has 30 heavy (non-hydrogen) atoms. The number of ether oxygens (including phenoxy) is 1. The van der Waals surface area contributed by atoms with Gasteiger partial charge in [-0.1, -0.05) is 32.9 Å². The molecule has 2 heterocycles. The zero-order valence-electron chi connectivity index (χ0n) is 18.4. The van der Waals surface area contributed by atoms with E-state index >= 15 is 0 Å². The minimum absolute atomic E-state index is 0.0142. The minimum atomic E-state index is -0.561. The molecule has 0 aliphatic carbocycles.